The zero-order valence-corrected chi connectivity index (χ0v) is 13.9. The van der Waals surface area contributed by atoms with Gasteiger partial charge in [-0.2, -0.15) is 0 Å². The predicted molar refractivity (Wildman–Crippen MR) is 92.9 cm³/mol. The highest BCUT2D eigenvalue weighted by molar-refractivity contribution is 7.18. The Morgan fingerprint density at radius 1 is 1.18 bits per heavy atom. The molecule has 1 aliphatic rings. The van der Waals surface area contributed by atoms with Gasteiger partial charge in [-0.05, 0) is 55.8 Å². The molecular formula is C17H19ClN2OS. The summed E-state index contributed by atoms with van der Waals surface area (Å²) in [6.45, 7) is 3.29. The first kappa shape index (κ1) is 15.5. The fraction of sp³-hybridized carbons (Fsp3) is 0.353. The van der Waals surface area contributed by atoms with E-state index < -0.39 is 0 Å². The molecule has 1 fully saturated rings. The average molecular weight is 335 g/mol. The molecule has 22 heavy (non-hydrogen) atoms. The summed E-state index contributed by atoms with van der Waals surface area (Å²) in [6.07, 6.45) is 3.92. The molecule has 1 N–H and O–H groups in total. The van der Waals surface area contributed by atoms with Gasteiger partial charge in [0.2, 0.25) is 0 Å². The number of nitrogens with one attached hydrogen (secondary N) is 1. The Bertz CT molecular complexity index is 650. The number of thiophene rings is 1. The van der Waals surface area contributed by atoms with Crippen molar-refractivity contribution in [2.45, 2.75) is 25.8 Å². The van der Waals surface area contributed by atoms with E-state index in [1.807, 2.05) is 12.1 Å². The van der Waals surface area contributed by atoms with Crippen LogP contribution in [0.2, 0.25) is 4.34 Å². The third-order valence-electron chi connectivity index (χ3n) is 3.84. The lowest BCUT2D eigenvalue weighted by Crippen LogP contribution is -2.29. The molecule has 0 atom stereocenters. The van der Waals surface area contributed by atoms with Crippen LogP contribution >= 0.6 is 22.9 Å². The van der Waals surface area contributed by atoms with Crippen molar-refractivity contribution in [3.63, 3.8) is 0 Å². The molecule has 2 heterocycles. The molecule has 5 heteroatoms. The van der Waals surface area contributed by atoms with Gasteiger partial charge < -0.3 is 5.32 Å². The lowest BCUT2D eigenvalue weighted by Gasteiger charge is -2.26. The van der Waals surface area contributed by atoms with Crippen molar-refractivity contribution < 1.29 is 4.79 Å². The van der Waals surface area contributed by atoms with Crippen molar-refractivity contribution in [1.29, 1.82) is 0 Å². The molecule has 0 aliphatic carbocycles. The number of carbonyl (C=O) groups is 1. The van der Waals surface area contributed by atoms with Crippen LogP contribution in [0, 0.1) is 0 Å². The number of hydrogen-bond acceptors (Lipinski definition) is 3. The maximum absolute atomic E-state index is 12.2. The number of amides is 1. The van der Waals surface area contributed by atoms with Crippen molar-refractivity contribution in [3.05, 3.63) is 51.2 Å². The monoisotopic (exact) mass is 334 g/mol. The first-order valence-corrected chi connectivity index (χ1v) is 8.78. The highest BCUT2D eigenvalue weighted by Crippen LogP contribution is 2.23. The van der Waals surface area contributed by atoms with Gasteiger partial charge in [-0.1, -0.05) is 30.2 Å². The van der Waals surface area contributed by atoms with Crippen molar-refractivity contribution in [2.75, 3.05) is 18.4 Å². The van der Waals surface area contributed by atoms with E-state index >= 15 is 0 Å². The van der Waals surface area contributed by atoms with Crippen LogP contribution in [0.4, 0.5) is 5.69 Å². The predicted octanol–water partition coefficient (Wildman–Crippen LogP) is 4.64. The largest absolute Gasteiger partial charge is 0.321 e. The molecule has 1 amide bonds. The van der Waals surface area contributed by atoms with Crippen molar-refractivity contribution in [1.82, 2.24) is 4.90 Å². The molecule has 0 spiro atoms. The quantitative estimate of drug-likeness (QED) is 0.883. The summed E-state index contributed by atoms with van der Waals surface area (Å²) in [7, 11) is 0. The second-order valence-corrected chi connectivity index (χ2v) is 7.31. The SMILES string of the molecule is O=C(Nc1cccc(CN2CCCCC2)c1)c1ccc(Cl)s1. The molecular weight excluding hydrogens is 316 g/mol. The van der Waals surface area contributed by atoms with Crippen LogP contribution in [0.5, 0.6) is 0 Å². The van der Waals surface area contributed by atoms with Gasteiger partial charge in [-0.25, -0.2) is 0 Å². The fourth-order valence-corrected chi connectivity index (χ4v) is 3.69. The molecule has 0 unspecified atom stereocenters. The molecule has 2 aromatic rings. The van der Waals surface area contributed by atoms with Crippen molar-refractivity contribution in [3.8, 4) is 0 Å². The Balaban J connectivity index is 1.64. The zero-order chi connectivity index (χ0) is 15.4. The summed E-state index contributed by atoms with van der Waals surface area (Å²) in [6, 6.07) is 11.6. The molecule has 1 saturated heterocycles. The molecule has 116 valence electrons. The second kappa shape index (κ2) is 7.27. The van der Waals surface area contributed by atoms with E-state index in [0.717, 1.165) is 12.2 Å². The zero-order valence-electron chi connectivity index (χ0n) is 12.3. The summed E-state index contributed by atoms with van der Waals surface area (Å²) in [5.74, 6) is -0.105. The number of nitrogens with zero attached hydrogens (tertiary/aromatic N) is 1. The minimum absolute atomic E-state index is 0.105. The fourth-order valence-electron chi connectivity index (χ4n) is 2.75. The number of carbonyl (C=O) groups excluding carboxylic acids is 1. The molecule has 3 nitrogen and oxygen atoms in total. The van der Waals surface area contributed by atoms with Crippen LogP contribution in [-0.4, -0.2) is 23.9 Å². The second-order valence-electron chi connectivity index (χ2n) is 5.60. The Kier molecular flexibility index (Phi) is 5.13. The highest BCUT2D eigenvalue weighted by atomic mass is 35.5. The first-order valence-electron chi connectivity index (χ1n) is 7.59. The van der Waals surface area contributed by atoms with Crippen LogP contribution in [0.25, 0.3) is 0 Å². The number of halogens is 1. The molecule has 1 aromatic heterocycles. The standard InChI is InChI=1S/C17H19ClN2OS/c18-16-8-7-15(22-16)17(21)19-14-6-4-5-13(11-14)12-20-9-2-1-3-10-20/h4-8,11H,1-3,9-10,12H2,(H,19,21). The van der Waals surface area contributed by atoms with Gasteiger partial charge in [-0.3, -0.25) is 9.69 Å². The van der Waals surface area contributed by atoms with E-state index in [-0.39, 0.29) is 5.91 Å². The summed E-state index contributed by atoms with van der Waals surface area (Å²) in [4.78, 5) is 15.3. The van der Waals surface area contributed by atoms with Gasteiger partial charge >= 0.3 is 0 Å². The molecule has 1 aliphatic heterocycles. The first-order chi connectivity index (χ1) is 10.7. The molecule has 0 radical (unpaired) electrons. The maximum atomic E-state index is 12.2. The maximum Gasteiger partial charge on any atom is 0.265 e. The lowest BCUT2D eigenvalue weighted by molar-refractivity contribution is 0.103. The van der Waals surface area contributed by atoms with E-state index in [1.54, 1.807) is 12.1 Å². The lowest BCUT2D eigenvalue weighted by atomic mass is 10.1. The number of anilines is 1. The smallest absolute Gasteiger partial charge is 0.265 e. The molecule has 1 aromatic carbocycles. The van der Waals surface area contributed by atoms with E-state index in [4.69, 9.17) is 11.6 Å². The number of benzene rings is 1. The number of rotatable bonds is 4. The molecule has 0 saturated carbocycles. The van der Waals surface area contributed by atoms with Crippen LogP contribution in [0.1, 0.15) is 34.5 Å². The number of likely N-dealkylation sites (tertiary alicyclic amines) is 1. The van der Waals surface area contributed by atoms with Gasteiger partial charge in [0.1, 0.15) is 0 Å². The summed E-state index contributed by atoms with van der Waals surface area (Å²) in [5.41, 5.74) is 2.08. The van der Waals surface area contributed by atoms with Crippen LogP contribution in [0.3, 0.4) is 0 Å². The van der Waals surface area contributed by atoms with E-state index in [2.05, 4.69) is 22.3 Å². The average Bonchev–Trinajstić information content (AvgIpc) is 2.95. The van der Waals surface area contributed by atoms with Crippen LogP contribution in [0.15, 0.2) is 36.4 Å². The summed E-state index contributed by atoms with van der Waals surface area (Å²) in [5, 5.41) is 2.94. The highest BCUT2D eigenvalue weighted by Gasteiger charge is 2.12. The van der Waals surface area contributed by atoms with Crippen molar-refractivity contribution >= 4 is 34.5 Å². The normalized spacial score (nSPS) is 15.7. The van der Waals surface area contributed by atoms with E-state index in [0.29, 0.717) is 9.21 Å². The van der Waals surface area contributed by atoms with Gasteiger partial charge in [-0.15, -0.1) is 11.3 Å². The number of hydrogen-bond donors (Lipinski definition) is 1. The molecule has 3 rings (SSSR count). The van der Waals surface area contributed by atoms with E-state index in [1.165, 1.54) is 49.3 Å². The van der Waals surface area contributed by atoms with Gasteiger partial charge in [0.05, 0.1) is 9.21 Å². The summed E-state index contributed by atoms with van der Waals surface area (Å²) < 4.78 is 0.629. The minimum atomic E-state index is -0.105. The van der Waals surface area contributed by atoms with Crippen LogP contribution in [-0.2, 0) is 6.54 Å². The third kappa shape index (κ3) is 4.09. The number of piperidine rings is 1. The minimum Gasteiger partial charge on any atom is -0.321 e. The van der Waals surface area contributed by atoms with Gasteiger partial charge in [0.15, 0.2) is 0 Å². The Hall–Kier alpha value is -1.36. The van der Waals surface area contributed by atoms with Crippen LogP contribution < -0.4 is 5.32 Å². The molecule has 0 bridgehead atoms. The Morgan fingerprint density at radius 3 is 2.73 bits per heavy atom. The Labute approximate surface area is 139 Å². The summed E-state index contributed by atoms with van der Waals surface area (Å²) >= 11 is 7.17. The van der Waals surface area contributed by atoms with Gasteiger partial charge in [0.25, 0.3) is 5.91 Å². The topological polar surface area (TPSA) is 32.3 Å². The van der Waals surface area contributed by atoms with E-state index in [9.17, 15) is 4.79 Å². The third-order valence-corrected chi connectivity index (χ3v) is 5.07. The van der Waals surface area contributed by atoms with Crippen molar-refractivity contribution in [2.24, 2.45) is 0 Å². The Morgan fingerprint density at radius 2 is 2.00 bits per heavy atom. The van der Waals surface area contributed by atoms with Gasteiger partial charge in [0, 0.05) is 12.2 Å².